The summed E-state index contributed by atoms with van der Waals surface area (Å²) in [4.78, 5) is 4.87. The van der Waals surface area contributed by atoms with E-state index in [0.717, 1.165) is 46.2 Å². The van der Waals surface area contributed by atoms with Gasteiger partial charge in [-0.3, -0.25) is 4.57 Å². The molecule has 52 heavy (non-hydrogen) atoms. The highest BCUT2D eigenvalue weighted by atomic mass is 16.5. The molecule has 3 aromatic heterocycles. The molecule has 1 aliphatic rings. The van der Waals surface area contributed by atoms with Gasteiger partial charge < -0.3 is 4.74 Å². The molecule has 0 amide bonds. The molecule has 7 rings (SSSR count). The molecule has 5 heteroatoms. The minimum atomic E-state index is -0.116. The van der Waals surface area contributed by atoms with Crippen LogP contribution in [0.3, 0.4) is 0 Å². The lowest BCUT2D eigenvalue weighted by molar-refractivity contribution is 0.385. The molecule has 6 aromatic rings. The van der Waals surface area contributed by atoms with Gasteiger partial charge in [0.05, 0.1) is 28.1 Å². The first-order valence-electron chi connectivity index (χ1n) is 19.4. The van der Waals surface area contributed by atoms with E-state index in [1.54, 1.807) is 0 Å². The second-order valence-electron chi connectivity index (χ2n) is 16.8. The molecule has 3 atom stereocenters. The summed E-state index contributed by atoms with van der Waals surface area (Å²) in [5.74, 6) is 4.39. The third-order valence-corrected chi connectivity index (χ3v) is 11.0. The van der Waals surface area contributed by atoms with Gasteiger partial charge in [-0.15, -0.1) is 0 Å². The van der Waals surface area contributed by atoms with Crippen molar-refractivity contribution in [1.82, 2.24) is 19.3 Å². The second kappa shape index (κ2) is 14.1. The number of fused-ring (bicyclic) bond motifs is 3. The molecule has 0 N–H and O–H groups in total. The molecule has 0 bridgehead atoms. The first-order valence-corrected chi connectivity index (χ1v) is 19.4. The number of ether oxygens (including phenoxy) is 1. The van der Waals surface area contributed by atoms with Crippen LogP contribution in [0.4, 0.5) is 0 Å². The molecule has 1 aliphatic carbocycles. The van der Waals surface area contributed by atoms with Crippen molar-refractivity contribution in [3.63, 3.8) is 0 Å². The molecule has 3 heterocycles. The van der Waals surface area contributed by atoms with E-state index < -0.39 is 0 Å². The molecule has 0 saturated heterocycles. The zero-order valence-corrected chi connectivity index (χ0v) is 32.9. The summed E-state index contributed by atoms with van der Waals surface area (Å²) in [6, 6.07) is 26.1. The average Bonchev–Trinajstić information content (AvgIpc) is 3.61. The number of aryl methyl sites for hydroxylation is 2. The fourth-order valence-corrected chi connectivity index (χ4v) is 8.76. The van der Waals surface area contributed by atoms with Crippen LogP contribution < -0.4 is 4.74 Å². The highest BCUT2D eigenvalue weighted by Crippen LogP contribution is 2.46. The van der Waals surface area contributed by atoms with E-state index in [0.29, 0.717) is 23.7 Å². The molecule has 0 saturated carbocycles. The van der Waals surface area contributed by atoms with Gasteiger partial charge in [-0.2, -0.15) is 5.10 Å². The minimum Gasteiger partial charge on any atom is -0.457 e. The number of nitrogens with zero attached hydrogens (tertiary/aromatic N) is 4. The lowest BCUT2D eigenvalue weighted by Gasteiger charge is -2.34. The summed E-state index contributed by atoms with van der Waals surface area (Å²) in [5, 5.41) is 7.71. The lowest BCUT2D eigenvalue weighted by atomic mass is 9.70. The molecule has 0 spiro atoms. The summed E-state index contributed by atoms with van der Waals surface area (Å²) in [5.41, 5.74) is 11.0. The number of benzene rings is 3. The van der Waals surface area contributed by atoms with Gasteiger partial charge >= 0.3 is 0 Å². The Kier molecular flexibility index (Phi) is 9.67. The molecule has 0 radical (unpaired) electrons. The minimum absolute atomic E-state index is 0.116. The Labute approximate surface area is 310 Å². The lowest BCUT2D eigenvalue weighted by Crippen LogP contribution is -2.25. The largest absolute Gasteiger partial charge is 0.457 e. The molecular weight excluding hydrogens is 637 g/mol. The van der Waals surface area contributed by atoms with Crippen LogP contribution in [0.5, 0.6) is 11.5 Å². The van der Waals surface area contributed by atoms with Crippen LogP contribution in [0.1, 0.15) is 121 Å². The van der Waals surface area contributed by atoms with Crippen molar-refractivity contribution in [1.29, 1.82) is 0 Å². The standard InChI is InChI=1S/C47H56N4O/c1-11-12-15-34-20-21-48-43(24-34)50-41-17-14-13-16-39(41)40-19-18-37(28-42(40)50)52-38-26-35(29(2)3)25-36(27-38)51-46(47(8,9)10)45(33(7)49-51)44-31(5)22-30(4)23-32(44)6/h13-14,16-22,24-30,32,44H,11-12,15,23H2,1-10H3/t30-,32?,44-/m0/s1. The molecule has 3 aromatic carbocycles. The van der Waals surface area contributed by atoms with E-state index in [4.69, 9.17) is 14.8 Å². The summed E-state index contributed by atoms with van der Waals surface area (Å²) in [6.07, 6.45) is 9.01. The van der Waals surface area contributed by atoms with Crippen molar-refractivity contribution in [3.05, 3.63) is 119 Å². The summed E-state index contributed by atoms with van der Waals surface area (Å²) >= 11 is 0. The number of para-hydroxylation sites is 1. The Morgan fingerprint density at radius 1 is 0.885 bits per heavy atom. The number of hydrogen-bond acceptors (Lipinski definition) is 3. The third-order valence-electron chi connectivity index (χ3n) is 11.0. The number of unbranched alkanes of at least 4 members (excludes halogenated alkanes) is 1. The molecule has 5 nitrogen and oxygen atoms in total. The highest BCUT2D eigenvalue weighted by Gasteiger charge is 2.36. The van der Waals surface area contributed by atoms with Gasteiger partial charge in [0.2, 0.25) is 0 Å². The Morgan fingerprint density at radius 3 is 2.38 bits per heavy atom. The van der Waals surface area contributed by atoms with Gasteiger partial charge in [0, 0.05) is 46.0 Å². The molecule has 0 aliphatic heterocycles. The van der Waals surface area contributed by atoms with Crippen molar-refractivity contribution in [2.45, 2.75) is 112 Å². The maximum atomic E-state index is 6.84. The maximum absolute atomic E-state index is 6.84. The Bertz CT molecular complexity index is 2280. The SMILES string of the molecule is CCCCc1ccnc(-n2c3ccccc3c3ccc(Oc4cc(C(C)C)cc(-n5nc(C)c([C@H]6C(C)=C[C@H](C)CC6C)c5C(C)(C)C)c4)cc32)c1. The number of allylic oxidation sites excluding steroid dienone is 2. The van der Waals surface area contributed by atoms with E-state index in [1.165, 1.54) is 58.0 Å². The van der Waals surface area contributed by atoms with E-state index >= 15 is 0 Å². The zero-order chi connectivity index (χ0) is 36.9. The van der Waals surface area contributed by atoms with Crippen molar-refractivity contribution < 1.29 is 4.74 Å². The molecule has 270 valence electrons. The van der Waals surface area contributed by atoms with Crippen molar-refractivity contribution in [3.8, 4) is 23.0 Å². The van der Waals surface area contributed by atoms with Crippen molar-refractivity contribution in [2.24, 2.45) is 11.8 Å². The van der Waals surface area contributed by atoms with Gasteiger partial charge in [-0.05, 0) is 104 Å². The van der Waals surface area contributed by atoms with Crippen LogP contribution in [-0.2, 0) is 11.8 Å². The fraction of sp³-hybridized carbons (Fsp3) is 0.404. The second-order valence-corrected chi connectivity index (χ2v) is 16.8. The van der Waals surface area contributed by atoms with Crippen molar-refractivity contribution >= 4 is 21.8 Å². The monoisotopic (exact) mass is 692 g/mol. The van der Waals surface area contributed by atoms with Gasteiger partial charge in [-0.25, -0.2) is 9.67 Å². The smallest absolute Gasteiger partial charge is 0.137 e. The first-order chi connectivity index (χ1) is 24.8. The van der Waals surface area contributed by atoms with Gasteiger partial charge in [0.25, 0.3) is 0 Å². The maximum Gasteiger partial charge on any atom is 0.137 e. The Balaban J connectivity index is 1.34. The quantitative estimate of drug-likeness (QED) is 0.142. The fourth-order valence-electron chi connectivity index (χ4n) is 8.76. The summed E-state index contributed by atoms with van der Waals surface area (Å²) in [6.45, 7) is 23.0. The number of pyridine rings is 1. The third kappa shape index (κ3) is 6.71. The van der Waals surface area contributed by atoms with Crippen LogP contribution in [0, 0.1) is 18.8 Å². The number of hydrogen-bond donors (Lipinski definition) is 0. The van der Waals surface area contributed by atoms with E-state index in [2.05, 4.69) is 157 Å². The summed E-state index contributed by atoms with van der Waals surface area (Å²) < 4.78 is 11.4. The van der Waals surface area contributed by atoms with Crippen LogP contribution >= 0.6 is 0 Å². The van der Waals surface area contributed by atoms with E-state index in [1.807, 2.05) is 6.20 Å². The van der Waals surface area contributed by atoms with Gasteiger partial charge in [0.15, 0.2) is 0 Å². The van der Waals surface area contributed by atoms with Crippen molar-refractivity contribution in [2.75, 3.05) is 0 Å². The first kappa shape index (κ1) is 35.7. The van der Waals surface area contributed by atoms with Crippen LogP contribution in [-0.4, -0.2) is 19.3 Å². The Morgan fingerprint density at radius 2 is 1.65 bits per heavy atom. The predicted octanol–water partition coefficient (Wildman–Crippen LogP) is 12.9. The number of rotatable bonds is 9. The van der Waals surface area contributed by atoms with Crippen LogP contribution in [0.2, 0.25) is 0 Å². The number of aromatic nitrogens is 4. The molecule has 1 unspecified atom stereocenters. The normalized spacial score (nSPS) is 18.1. The van der Waals surface area contributed by atoms with E-state index in [-0.39, 0.29) is 5.41 Å². The highest BCUT2D eigenvalue weighted by molar-refractivity contribution is 6.09. The zero-order valence-electron chi connectivity index (χ0n) is 32.9. The van der Waals surface area contributed by atoms with Gasteiger partial charge in [0.1, 0.15) is 17.3 Å². The predicted molar refractivity (Wildman–Crippen MR) is 218 cm³/mol. The Hall–Kier alpha value is -4.64. The average molecular weight is 693 g/mol. The molecule has 0 fully saturated rings. The van der Waals surface area contributed by atoms with Gasteiger partial charge in [-0.1, -0.05) is 91.7 Å². The topological polar surface area (TPSA) is 44.9 Å². The van der Waals surface area contributed by atoms with E-state index in [9.17, 15) is 0 Å². The van der Waals surface area contributed by atoms with Crippen LogP contribution in [0.15, 0.2) is 90.6 Å². The summed E-state index contributed by atoms with van der Waals surface area (Å²) in [7, 11) is 0. The molecular formula is C47H56N4O. The van der Waals surface area contributed by atoms with Crippen LogP contribution in [0.25, 0.3) is 33.3 Å².